The number of ether oxygens (including phenoxy) is 1. The van der Waals surface area contributed by atoms with Gasteiger partial charge in [-0.1, -0.05) is 25.0 Å². The molecular formula is C23H26N2O4. The monoisotopic (exact) mass is 394 g/mol. The molecule has 0 spiro atoms. The van der Waals surface area contributed by atoms with Crippen molar-refractivity contribution in [1.29, 1.82) is 0 Å². The minimum absolute atomic E-state index is 0.000814. The predicted octanol–water partition coefficient (Wildman–Crippen LogP) is 3.66. The topological polar surface area (TPSA) is 79.5 Å². The lowest BCUT2D eigenvalue weighted by molar-refractivity contribution is 0.0679. The third-order valence-electron chi connectivity index (χ3n) is 6.00. The fraction of sp³-hybridized carbons (Fsp3) is 0.435. The first-order valence-electron chi connectivity index (χ1n) is 10.3. The van der Waals surface area contributed by atoms with E-state index in [0.29, 0.717) is 30.6 Å². The standard InChI is InChI=1S/C23H26N2O4/c1-29-16-11-9-15(10-12-16)20-7-3-2-4-13-25(20)23(28)18-14-17-19(24-22(18)27)6-5-8-21(17)26/h9-12,14,20H,2-8,13H2,1H3,(H,24,27)/t20-/m1/s1. The molecule has 6 heteroatoms. The Morgan fingerprint density at radius 1 is 1.07 bits per heavy atom. The van der Waals surface area contributed by atoms with E-state index in [9.17, 15) is 14.4 Å². The third kappa shape index (κ3) is 3.84. The number of aryl methyl sites for hydroxylation is 1. The van der Waals surface area contributed by atoms with Crippen LogP contribution in [0.15, 0.2) is 35.1 Å². The second-order valence-electron chi connectivity index (χ2n) is 7.82. The minimum Gasteiger partial charge on any atom is -0.497 e. The summed E-state index contributed by atoms with van der Waals surface area (Å²) in [4.78, 5) is 43.0. The fourth-order valence-electron chi connectivity index (χ4n) is 4.41. The molecule has 2 aromatic rings. The SMILES string of the molecule is COc1ccc([C@H]2CCCCCN2C(=O)c2cc3c([nH]c2=O)CCCC3=O)cc1. The highest BCUT2D eigenvalue weighted by Gasteiger charge is 2.30. The summed E-state index contributed by atoms with van der Waals surface area (Å²) in [5, 5.41) is 0. The Bertz CT molecular complexity index is 977. The van der Waals surface area contributed by atoms with Crippen LogP contribution in [0.4, 0.5) is 0 Å². The fourth-order valence-corrected chi connectivity index (χ4v) is 4.41. The highest BCUT2D eigenvalue weighted by atomic mass is 16.5. The molecule has 1 aromatic carbocycles. The van der Waals surface area contributed by atoms with Crippen LogP contribution in [0.1, 0.15) is 76.5 Å². The van der Waals surface area contributed by atoms with E-state index in [1.165, 1.54) is 6.07 Å². The van der Waals surface area contributed by atoms with Crippen LogP contribution in [0, 0.1) is 0 Å². The molecule has 6 nitrogen and oxygen atoms in total. The maximum Gasteiger partial charge on any atom is 0.261 e. The number of hydrogen-bond acceptors (Lipinski definition) is 4. The van der Waals surface area contributed by atoms with E-state index in [-0.39, 0.29) is 23.3 Å². The largest absolute Gasteiger partial charge is 0.497 e. The molecule has 152 valence electrons. The summed E-state index contributed by atoms with van der Waals surface area (Å²) in [5.74, 6) is 0.471. The van der Waals surface area contributed by atoms with Gasteiger partial charge in [0.1, 0.15) is 11.3 Å². The maximum absolute atomic E-state index is 13.4. The average molecular weight is 394 g/mol. The van der Waals surface area contributed by atoms with Crippen LogP contribution in [0.3, 0.4) is 0 Å². The zero-order valence-electron chi connectivity index (χ0n) is 16.7. The number of nitrogens with zero attached hydrogens (tertiary/aromatic N) is 1. The van der Waals surface area contributed by atoms with Gasteiger partial charge in [0, 0.05) is 24.2 Å². The van der Waals surface area contributed by atoms with Gasteiger partial charge in [0.05, 0.1) is 13.2 Å². The zero-order chi connectivity index (χ0) is 20.4. The van der Waals surface area contributed by atoms with Gasteiger partial charge >= 0.3 is 0 Å². The Morgan fingerprint density at radius 2 is 1.86 bits per heavy atom. The lowest BCUT2D eigenvalue weighted by Crippen LogP contribution is -2.38. The number of H-pyrrole nitrogens is 1. The summed E-state index contributed by atoms with van der Waals surface area (Å²) >= 11 is 0. The van der Waals surface area contributed by atoms with Crippen LogP contribution in [-0.2, 0) is 6.42 Å². The summed E-state index contributed by atoms with van der Waals surface area (Å²) in [6.45, 7) is 0.597. The smallest absolute Gasteiger partial charge is 0.261 e. The van der Waals surface area contributed by atoms with Crippen LogP contribution < -0.4 is 10.3 Å². The molecule has 1 N–H and O–H groups in total. The first kappa shape index (κ1) is 19.4. The number of nitrogens with one attached hydrogen (secondary N) is 1. The van der Waals surface area contributed by atoms with Gasteiger partial charge in [-0.15, -0.1) is 0 Å². The Hall–Kier alpha value is -2.89. The van der Waals surface area contributed by atoms with Crippen molar-refractivity contribution in [2.45, 2.75) is 51.0 Å². The van der Waals surface area contributed by atoms with Crippen molar-refractivity contribution >= 4 is 11.7 Å². The Kier molecular flexibility index (Phi) is 5.51. The molecule has 1 amide bonds. The van der Waals surface area contributed by atoms with Gasteiger partial charge in [0.15, 0.2) is 5.78 Å². The number of pyridine rings is 1. The van der Waals surface area contributed by atoms with E-state index in [4.69, 9.17) is 4.74 Å². The maximum atomic E-state index is 13.4. The highest BCUT2D eigenvalue weighted by Crippen LogP contribution is 2.32. The molecule has 1 atom stereocenters. The summed E-state index contributed by atoms with van der Waals surface area (Å²) in [7, 11) is 1.63. The van der Waals surface area contributed by atoms with Gasteiger partial charge in [-0.25, -0.2) is 0 Å². The van der Waals surface area contributed by atoms with Crippen molar-refractivity contribution in [3.8, 4) is 5.75 Å². The molecule has 0 radical (unpaired) electrons. The number of ketones is 1. The summed E-state index contributed by atoms with van der Waals surface area (Å²) in [5.41, 5.74) is 1.85. The van der Waals surface area contributed by atoms with E-state index < -0.39 is 5.56 Å². The van der Waals surface area contributed by atoms with Crippen LogP contribution in [0.25, 0.3) is 0 Å². The van der Waals surface area contributed by atoms with Crippen molar-refractivity contribution in [2.24, 2.45) is 0 Å². The van der Waals surface area contributed by atoms with Gasteiger partial charge in [0.2, 0.25) is 0 Å². The number of likely N-dealkylation sites (tertiary alicyclic amines) is 1. The second kappa shape index (κ2) is 8.23. The number of benzene rings is 1. The molecule has 0 unspecified atom stereocenters. The summed E-state index contributed by atoms with van der Waals surface area (Å²) < 4.78 is 5.25. The minimum atomic E-state index is -0.402. The number of hydrogen-bond donors (Lipinski definition) is 1. The predicted molar refractivity (Wildman–Crippen MR) is 110 cm³/mol. The average Bonchev–Trinajstić information content (AvgIpc) is 2.99. The molecule has 1 aliphatic heterocycles. The molecule has 1 fully saturated rings. The lowest BCUT2D eigenvalue weighted by atomic mass is 9.93. The lowest BCUT2D eigenvalue weighted by Gasteiger charge is -2.30. The number of carbonyl (C=O) groups excluding carboxylic acids is 2. The zero-order valence-corrected chi connectivity index (χ0v) is 16.7. The van der Waals surface area contributed by atoms with Crippen LogP contribution >= 0.6 is 0 Å². The molecule has 0 bridgehead atoms. The summed E-state index contributed by atoms with van der Waals surface area (Å²) in [6.07, 6.45) is 5.70. The first-order valence-corrected chi connectivity index (χ1v) is 10.3. The van der Waals surface area contributed by atoms with Crippen molar-refractivity contribution in [1.82, 2.24) is 9.88 Å². The third-order valence-corrected chi connectivity index (χ3v) is 6.00. The molecule has 2 aliphatic rings. The number of amides is 1. The number of aromatic amines is 1. The van der Waals surface area contributed by atoms with Crippen LogP contribution in [-0.4, -0.2) is 35.2 Å². The number of carbonyl (C=O) groups is 2. The molecule has 1 aromatic heterocycles. The molecule has 0 saturated carbocycles. The number of aromatic nitrogens is 1. The molecule has 29 heavy (non-hydrogen) atoms. The number of fused-ring (bicyclic) bond motifs is 1. The van der Waals surface area contributed by atoms with E-state index >= 15 is 0 Å². The highest BCUT2D eigenvalue weighted by molar-refractivity contribution is 6.01. The van der Waals surface area contributed by atoms with Gasteiger partial charge < -0.3 is 14.6 Å². The van der Waals surface area contributed by atoms with Crippen molar-refractivity contribution in [3.63, 3.8) is 0 Å². The molecular weight excluding hydrogens is 368 g/mol. The van der Waals surface area contributed by atoms with Gasteiger partial charge in [-0.05, 0) is 49.4 Å². The molecule has 1 saturated heterocycles. The van der Waals surface area contributed by atoms with E-state index in [1.54, 1.807) is 12.0 Å². The number of Topliss-reactive ketones (excluding diaryl/α,β-unsaturated/α-hetero) is 1. The Labute approximate surface area is 169 Å². The normalized spacial score (nSPS) is 19.4. The van der Waals surface area contributed by atoms with Crippen LogP contribution in [0.2, 0.25) is 0 Å². The number of rotatable bonds is 3. The quantitative estimate of drug-likeness (QED) is 0.862. The molecule has 1 aliphatic carbocycles. The summed E-state index contributed by atoms with van der Waals surface area (Å²) in [6, 6.07) is 9.18. The van der Waals surface area contributed by atoms with E-state index in [1.807, 2.05) is 24.3 Å². The van der Waals surface area contributed by atoms with Crippen molar-refractivity contribution in [3.05, 3.63) is 63.1 Å². The number of methoxy groups -OCH3 is 1. The van der Waals surface area contributed by atoms with Gasteiger partial charge in [-0.3, -0.25) is 14.4 Å². The van der Waals surface area contributed by atoms with E-state index in [2.05, 4.69) is 4.98 Å². The van der Waals surface area contributed by atoms with Crippen molar-refractivity contribution < 1.29 is 14.3 Å². The Morgan fingerprint density at radius 3 is 2.62 bits per heavy atom. The Balaban J connectivity index is 1.70. The second-order valence-corrected chi connectivity index (χ2v) is 7.82. The van der Waals surface area contributed by atoms with Crippen LogP contribution in [0.5, 0.6) is 5.75 Å². The van der Waals surface area contributed by atoms with Crippen molar-refractivity contribution in [2.75, 3.05) is 13.7 Å². The van der Waals surface area contributed by atoms with Gasteiger partial charge in [-0.2, -0.15) is 0 Å². The van der Waals surface area contributed by atoms with E-state index in [0.717, 1.165) is 43.4 Å². The first-order chi connectivity index (χ1) is 14.1. The molecule has 4 rings (SSSR count). The molecule has 2 heterocycles. The van der Waals surface area contributed by atoms with Gasteiger partial charge in [0.25, 0.3) is 11.5 Å².